The van der Waals surface area contributed by atoms with E-state index in [2.05, 4.69) is 5.32 Å². The molecule has 4 nitrogen and oxygen atoms in total. The molecule has 0 aliphatic carbocycles. The van der Waals surface area contributed by atoms with Crippen molar-refractivity contribution in [3.05, 3.63) is 60.2 Å². The van der Waals surface area contributed by atoms with Gasteiger partial charge in [0.05, 0.1) is 10.6 Å². The molecule has 9 heteroatoms. The minimum Gasteiger partial charge on any atom is -0.323 e. The molecule has 0 atom stereocenters. The van der Waals surface area contributed by atoms with E-state index in [4.69, 9.17) is 0 Å². The maximum absolute atomic E-state index is 12.3. The van der Waals surface area contributed by atoms with Gasteiger partial charge >= 0.3 is 5.51 Å². The van der Waals surface area contributed by atoms with Gasteiger partial charge in [-0.2, -0.15) is 13.2 Å². The number of carbonyl (C=O) groups excluding carboxylic acids is 1. The van der Waals surface area contributed by atoms with E-state index in [1.54, 1.807) is 6.92 Å². The number of nitrogens with one attached hydrogen (secondary N) is 1. The molecule has 0 bridgehead atoms. The summed E-state index contributed by atoms with van der Waals surface area (Å²) in [4.78, 5) is 12.1. The lowest BCUT2D eigenvalue weighted by Gasteiger charge is -2.05. The number of hydrogen-bond acceptors (Lipinski definition) is 4. The average Bonchev–Trinajstić information content (AvgIpc) is 2.60. The van der Waals surface area contributed by atoms with Gasteiger partial charge in [-0.25, -0.2) is 8.42 Å². The summed E-state index contributed by atoms with van der Waals surface area (Å²) in [5.41, 5.74) is -3.35. The first-order chi connectivity index (χ1) is 12.6. The lowest BCUT2D eigenvalue weighted by molar-refractivity contribution is -0.111. The second kappa shape index (κ2) is 8.62. The van der Waals surface area contributed by atoms with Gasteiger partial charge in [-0.1, -0.05) is 19.1 Å². The van der Waals surface area contributed by atoms with Gasteiger partial charge in [0.15, 0.2) is 9.84 Å². The fourth-order valence-corrected chi connectivity index (χ4v) is 3.47. The molecule has 0 unspecified atom stereocenters. The van der Waals surface area contributed by atoms with Gasteiger partial charge in [0.1, 0.15) is 0 Å². The highest BCUT2D eigenvalue weighted by Gasteiger charge is 2.28. The number of halogens is 3. The normalized spacial score (nSPS) is 12.3. The summed E-state index contributed by atoms with van der Waals surface area (Å²) < 4.78 is 60.3. The summed E-state index contributed by atoms with van der Waals surface area (Å²) in [6, 6.07) is 11.4. The van der Waals surface area contributed by atoms with Crippen molar-refractivity contribution < 1.29 is 26.4 Å². The molecule has 0 aliphatic rings. The molecule has 0 saturated heterocycles. The maximum atomic E-state index is 12.3. The Morgan fingerprint density at radius 1 is 1.07 bits per heavy atom. The summed E-state index contributed by atoms with van der Waals surface area (Å²) in [6.45, 7) is 1.55. The van der Waals surface area contributed by atoms with Crippen LogP contribution in [0.5, 0.6) is 0 Å². The molecule has 0 spiro atoms. The maximum Gasteiger partial charge on any atom is 0.446 e. The number of carbonyl (C=O) groups is 1. The highest BCUT2D eigenvalue weighted by atomic mass is 32.2. The van der Waals surface area contributed by atoms with Crippen molar-refractivity contribution in [2.24, 2.45) is 0 Å². The van der Waals surface area contributed by atoms with Gasteiger partial charge < -0.3 is 5.32 Å². The molecule has 0 heterocycles. The van der Waals surface area contributed by atoms with E-state index in [-0.39, 0.29) is 27.3 Å². The number of anilines is 1. The molecule has 0 saturated carbocycles. The van der Waals surface area contributed by atoms with Gasteiger partial charge in [-0.05, 0) is 59.8 Å². The van der Waals surface area contributed by atoms with Crippen LogP contribution in [-0.2, 0) is 14.6 Å². The van der Waals surface area contributed by atoms with Crippen LogP contribution in [0.4, 0.5) is 18.9 Å². The second-order valence-electron chi connectivity index (χ2n) is 5.37. The zero-order valence-electron chi connectivity index (χ0n) is 14.2. The molecule has 144 valence electrons. The molecule has 0 aromatic heterocycles. The SMILES string of the molecule is CCS(=O)(=O)c1ccc(NC(=O)/C=C/c2ccc(SC(F)(F)F)cc2)cc1. The number of rotatable bonds is 6. The summed E-state index contributed by atoms with van der Waals surface area (Å²) in [5, 5.41) is 2.58. The van der Waals surface area contributed by atoms with Crippen molar-refractivity contribution in [1.29, 1.82) is 0 Å². The van der Waals surface area contributed by atoms with Crippen LogP contribution in [0.15, 0.2) is 64.4 Å². The van der Waals surface area contributed by atoms with Crippen LogP contribution in [-0.4, -0.2) is 25.6 Å². The number of thioether (sulfide) groups is 1. The molecule has 0 aliphatic heterocycles. The highest BCUT2D eigenvalue weighted by molar-refractivity contribution is 8.00. The van der Waals surface area contributed by atoms with Crippen molar-refractivity contribution in [2.45, 2.75) is 22.2 Å². The lowest BCUT2D eigenvalue weighted by Crippen LogP contribution is -2.08. The first-order valence-electron chi connectivity index (χ1n) is 7.77. The Kier molecular flexibility index (Phi) is 6.72. The standard InChI is InChI=1S/C18H16F3NO3S2/c1-2-27(24,25)16-10-6-14(7-11-16)22-17(23)12-5-13-3-8-15(9-4-13)26-18(19,20)21/h3-12H,2H2,1H3,(H,22,23)/b12-5+. The predicted molar refractivity (Wildman–Crippen MR) is 100 cm³/mol. The number of alkyl halides is 3. The zero-order valence-corrected chi connectivity index (χ0v) is 15.8. The van der Waals surface area contributed by atoms with Crippen molar-refractivity contribution in [3.8, 4) is 0 Å². The molecule has 1 amide bonds. The van der Waals surface area contributed by atoms with Gasteiger partial charge in [0.25, 0.3) is 0 Å². The molecule has 0 radical (unpaired) electrons. The average molecular weight is 415 g/mol. The van der Waals surface area contributed by atoms with E-state index < -0.39 is 21.3 Å². The first kappa shape index (κ1) is 21.0. The quantitative estimate of drug-likeness (QED) is 0.547. The first-order valence-corrected chi connectivity index (χ1v) is 10.2. The number of benzene rings is 2. The Morgan fingerprint density at radius 2 is 1.67 bits per heavy atom. The third-order valence-corrected chi connectivity index (χ3v) is 5.89. The van der Waals surface area contributed by atoms with E-state index in [0.717, 1.165) is 0 Å². The van der Waals surface area contributed by atoms with E-state index in [1.807, 2.05) is 0 Å². The van der Waals surface area contributed by atoms with Gasteiger partial charge in [-0.15, -0.1) is 0 Å². The third-order valence-electron chi connectivity index (χ3n) is 3.40. The molecule has 2 rings (SSSR count). The Labute approximate surface area is 159 Å². The van der Waals surface area contributed by atoms with Crippen LogP contribution < -0.4 is 5.32 Å². The third kappa shape index (κ3) is 6.76. The van der Waals surface area contributed by atoms with E-state index in [1.165, 1.54) is 60.7 Å². The Bertz CT molecular complexity index is 920. The predicted octanol–water partition coefficient (Wildman–Crippen LogP) is 4.74. The lowest BCUT2D eigenvalue weighted by atomic mass is 10.2. The van der Waals surface area contributed by atoms with Crippen LogP contribution in [0.3, 0.4) is 0 Å². The van der Waals surface area contributed by atoms with Gasteiger partial charge in [0, 0.05) is 16.7 Å². The monoisotopic (exact) mass is 415 g/mol. The van der Waals surface area contributed by atoms with E-state index in [9.17, 15) is 26.4 Å². The van der Waals surface area contributed by atoms with Gasteiger partial charge in [0.2, 0.25) is 5.91 Å². The topological polar surface area (TPSA) is 63.2 Å². The Hall–Kier alpha value is -2.26. The summed E-state index contributed by atoms with van der Waals surface area (Å²) in [7, 11) is -3.30. The van der Waals surface area contributed by atoms with Crippen LogP contribution in [0, 0.1) is 0 Å². The summed E-state index contributed by atoms with van der Waals surface area (Å²) >= 11 is -0.206. The summed E-state index contributed by atoms with van der Waals surface area (Å²) in [5.74, 6) is -0.461. The number of amides is 1. The Morgan fingerprint density at radius 3 is 2.19 bits per heavy atom. The fourth-order valence-electron chi connectivity index (χ4n) is 2.05. The largest absolute Gasteiger partial charge is 0.446 e. The molecule has 2 aromatic carbocycles. The van der Waals surface area contributed by atoms with Crippen molar-refractivity contribution in [3.63, 3.8) is 0 Å². The second-order valence-corrected chi connectivity index (χ2v) is 8.78. The fraction of sp³-hybridized carbons (Fsp3) is 0.167. The number of sulfone groups is 1. The number of hydrogen-bond donors (Lipinski definition) is 1. The van der Waals surface area contributed by atoms with E-state index in [0.29, 0.717) is 11.3 Å². The molecule has 2 aromatic rings. The molecular weight excluding hydrogens is 399 g/mol. The van der Waals surface area contributed by atoms with Crippen LogP contribution in [0.2, 0.25) is 0 Å². The molecular formula is C18H16F3NO3S2. The summed E-state index contributed by atoms with van der Waals surface area (Å²) in [6.07, 6.45) is 2.70. The smallest absolute Gasteiger partial charge is 0.323 e. The van der Waals surface area contributed by atoms with Crippen molar-refractivity contribution in [1.82, 2.24) is 0 Å². The van der Waals surface area contributed by atoms with E-state index >= 15 is 0 Å². The van der Waals surface area contributed by atoms with Crippen LogP contribution in [0.25, 0.3) is 6.08 Å². The highest BCUT2D eigenvalue weighted by Crippen LogP contribution is 2.36. The van der Waals surface area contributed by atoms with Gasteiger partial charge in [-0.3, -0.25) is 4.79 Å². The Balaban J connectivity index is 1.97. The van der Waals surface area contributed by atoms with Crippen molar-refractivity contribution >= 4 is 39.3 Å². The minimum absolute atomic E-state index is 0.0122. The molecule has 1 N–H and O–H groups in total. The van der Waals surface area contributed by atoms with Crippen molar-refractivity contribution in [2.75, 3.05) is 11.1 Å². The molecule has 0 fully saturated rings. The minimum atomic E-state index is -4.34. The zero-order chi connectivity index (χ0) is 20.1. The van der Waals surface area contributed by atoms with Crippen LogP contribution in [0.1, 0.15) is 12.5 Å². The molecule has 27 heavy (non-hydrogen) atoms. The van der Waals surface area contributed by atoms with Crippen LogP contribution >= 0.6 is 11.8 Å².